The Morgan fingerprint density at radius 1 is 0.944 bits per heavy atom. The van der Waals surface area contributed by atoms with E-state index < -0.39 is 0 Å². The average Bonchev–Trinajstić information content (AvgIpc) is 2.66. The molecule has 0 spiro atoms. The van der Waals surface area contributed by atoms with Gasteiger partial charge >= 0.3 is 0 Å². The standard InChI is InChI=1S/C15H15N3/c1-10-3-6-12(7-4-10)18-14-9-11(2)5-8-13(14)17-15(18)16/h3-9H,1-2H3,(H2,16,17). The number of nitrogens with two attached hydrogens (primary N) is 1. The Morgan fingerprint density at radius 2 is 1.61 bits per heavy atom. The van der Waals surface area contributed by atoms with E-state index in [1.54, 1.807) is 0 Å². The molecule has 0 aliphatic heterocycles. The highest BCUT2D eigenvalue weighted by Gasteiger charge is 2.09. The molecule has 0 aliphatic carbocycles. The van der Waals surface area contributed by atoms with Crippen molar-refractivity contribution in [3.8, 4) is 5.69 Å². The summed E-state index contributed by atoms with van der Waals surface area (Å²) in [5.41, 5.74) is 11.5. The normalized spacial score (nSPS) is 11.0. The van der Waals surface area contributed by atoms with Crippen LogP contribution in [0.4, 0.5) is 5.95 Å². The molecule has 3 rings (SSSR count). The fourth-order valence-electron chi connectivity index (χ4n) is 2.17. The molecule has 0 saturated carbocycles. The topological polar surface area (TPSA) is 43.8 Å². The average molecular weight is 237 g/mol. The highest BCUT2D eigenvalue weighted by atomic mass is 15.2. The zero-order chi connectivity index (χ0) is 12.7. The van der Waals surface area contributed by atoms with Gasteiger partial charge in [0.15, 0.2) is 0 Å². The Labute approximate surface area is 106 Å². The summed E-state index contributed by atoms with van der Waals surface area (Å²) < 4.78 is 1.99. The third kappa shape index (κ3) is 1.64. The number of fused-ring (bicyclic) bond motifs is 1. The third-order valence-corrected chi connectivity index (χ3v) is 3.13. The molecule has 0 amide bonds. The van der Waals surface area contributed by atoms with Gasteiger partial charge in [-0.05, 0) is 43.7 Å². The van der Waals surface area contributed by atoms with E-state index in [2.05, 4.69) is 49.2 Å². The van der Waals surface area contributed by atoms with E-state index in [-0.39, 0.29) is 0 Å². The van der Waals surface area contributed by atoms with Crippen molar-refractivity contribution < 1.29 is 0 Å². The number of hydrogen-bond acceptors (Lipinski definition) is 2. The number of nitrogens with zero attached hydrogens (tertiary/aromatic N) is 2. The summed E-state index contributed by atoms with van der Waals surface area (Å²) in [5, 5.41) is 0. The van der Waals surface area contributed by atoms with E-state index in [4.69, 9.17) is 5.73 Å². The molecule has 3 aromatic rings. The quantitative estimate of drug-likeness (QED) is 0.706. The summed E-state index contributed by atoms with van der Waals surface area (Å²) in [7, 11) is 0. The number of anilines is 1. The third-order valence-electron chi connectivity index (χ3n) is 3.13. The number of nitrogen functional groups attached to an aromatic ring is 1. The van der Waals surface area contributed by atoms with Crippen LogP contribution >= 0.6 is 0 Å². The van der Waals surface area contributed by atoms with E-state index in [1.165, 1.54) is 11.1 Å². The molecule has 18 heavy (non-hydrogen) atoms. The minimum atomic E-state index is 0.527. The summed E-state index contributed by atoms with van der Waals surface area (Å²) in [4.78, 5) is 4.39. The highest BCUT2D eigenvalue weighted by Crippen LogP contribution is 2.24. The van der Waals surface area contributed by atoms with Gasteiger partial charge in [-0.15, -0.1) is 0 Å². The molecule has 1 aromatic heterocycles. The van der Waals surface area contributed by atoms with Gasteiger partial charge < -0.3 is 5.73 Å². The van der Waals surface area contributed by atoms with Crippen molar-refractivity contribution in [2.45, 2.75) is 13.8 Å². The summed E-state index contributed by atoms with van der Waals surface area (Å²) in [5.74, 6) is 0.527. The molecule has 0 radical (unpaired) electrons. The zero-order valence-electron chi connectivity index (χ0n) is 10.5. The minimum Gasteiger partial charge on any atom is -0.369 e. The van der Waals surface area contributed by atoms with Gasteiger partial charge in [0, 0.05) is 5.69 Å². The maximum atomic E-state index is 6.03. The largest absolute Gasteiger partial charge is 0.369 e. The van der Waals surface area contributed by atoms with Crippen LogP contribution in [0.1, 0.15) is 11.1 Å². The van der Waals surface area contributed by atoms with Crippen molar-refractivity contribution >= 4 is 17.0 Å². The van der Waals surface area contributed by atoms with E-state index >= 15 is 0 Å². The van der Waals surface area contributed by atoms with Crippen molar-refractivity contribution in [1.29, 1.82) is 0 Å². The van der Waals surface area contributed by atoms with Gasteiger partial charge in [-0.25, -0.2) is 4.98 Å². The maximum Gasteiger partial charge on any atom is 0.205 e. The first-order valence-corrected chi connectivity index (χ1v) is 5.97. The van der Waals surface area contributed by atoms with Crippen LogP contribution in [0.3, 0.4) is 0 Å². The molecule has 0 atom stereocenters. The van der Waals surface area contributed by atoms with Crippen molar-refractivity contribution in [2.24, 2.45) is 0 Å². The van der Waals surface area contributed by atoms with Crippen LogP contribution in [0.5, 0.6) is 0 Å². The van der Waals surface area contributed by atoms with Crippen LogP contribution in [-0.4, -0.2) is 9.55 Å². The Balaban J connectivity index is 2.30. The van der Waals surface area contributed by atoms with E-state index in [9.17, 15) is 0 Å². The van der Waals surface area contributed by atoms with Crippen LogP contribution < -0.4 is 5.73 Å². The Morgan fingerprint density at radius 3 is 2.33 bits per heavy atom. The number of benzene rings is 2. The lowest BCUT2D eigenvalue weighted by Crippen LogP contribution is -2.00. The van der Waals surface area contributed by atoms with Crippen LogP contribution in [0.25, 0.3) is 16.7 Å². The predicted molar refractivity (Wildman–Crippen MR) is 75.0 cm³/mol. The second kappa shape index (κ2) is 3.88. The first kappa shape index (κ1) is 10.8. The van der Waals surface area contributed by atoms with Crippen LogP contribution in [0, 0.1) is 13.8 Å². The van der Waals surface area contributed by atoms with Gasteiger partial charge in [-0.2, -0.15) is 0 Å². The predicted octanol–water partition coefficient (Wildman–Crippen LogP) is 3.22. The number of aryl methyl sites for hydroxylation is 2. The second-order valence-electron chi connectivity index (χ2n) is 4.63. The van der Waals surface area contributed by atoms with E-state index in [0.29, 0.717) is 5.95 Å². The molecule has 0 saturated heterocycles. The molecule has 2 aromatic carbocycles. The van der Waals surface area contributed by atoms with Gasteiger partial charge in [0.1, 0.15) is 0 Å². The highest BCUT2D eigenvalue weighted by molar-refractivity contribution is 5.81. The van der Waals surface area contributed by atoms with Crippen molar-refractivity contribution in [3.05, 3.63) is 53.6 Å². The van der Waals surface area contributed by atoms with Crippen molar-refractivity contribution in [1.82, 2.24) is 9.55 Å². The molecule has 90 valence electrons. The van der Waals surface area contributed by atoms with Gasteiger partial charge in [0.2, 0.25) is 5.95 Å². The molecule has 0 fully saturated rings. The van der Waals surface area contributed by atoms with Gasteiger partial charge in [-0.3, -0.25) is 4.57 Å². The lowest BCUT2D eigenvalue weighted by Gasteiger charge is -2.07. The molecule has 0 unspecified atom stereocenters. The molecule has 3 nitrogen and oxygen atoms in total. The first-order valence-electron chi connectivity index (χ1n) is 5.97. The number of imidazole rings is 1. The summed E-state index contributed by atoms with van der Waals surface area (Å²) in [6, 6.07) is 14.5. The fourth-order valence-corrected chi connectivity index (χ4v) is 2.17. The number of aromatic nitrogens is 2. The Bertz CT molecular complexity index is 708. The molecule has 3 heteroatoms. The molecule has 0 bridgehead atoms. The van der Waals surface area contributed by atoms with Crippen molar-refractivity contribution in [2.75, 3.05) is 5.73 Å². The molecule has 1 heterocycles. The van der Waals surface area contributed by atoms with E-state index in [0.717, 1.165) is 16.7 Å². The first-order chi connectivity index (χ1) is 8.65. The Hall–Kier alpha value is -2.29. The Kier molecular flexibility index (Phi) is 2.33. The molecule has 2 N–H and O–H groups in total. The maximum absolute atomic E-state index is 6.03. The molecule has 0 aliphatic rings. The summed E-state index contributed by atoms with van der Waals surface area (Å²) in [6.07, 6.45) is 0. The van der Waals surface area contributed by atoms with E-state index in [1.807, 2.05) is 16.7 Å². The summed E-state index contributed by atoms with van der Waals surface area (Å²) in [6.45, 7) is 4.14. The van der Waals surface area contributed by atoms with Crippen molar-refractivity contribution in [3.63, 3.8) is 0 Å². The minimum absolute atomic E-state index is 0.527. The van der Waals surface area contributed by atoms with Gasteiger partial charge in [0.25, 0.3) is 0 Å². The fraction of sp³-hybridized carbons (Fsp3) is 0.133. The van der Waals surface area contributed by atoms with Crippen LogP contribution in [0.15, 0.2) is 42.5 Å². The lowest BCUT2D eigenvalue weighted by atomic mass is 10.2. The smallest absolute Gasteiger partial charge is 0.205 e. The number of rotatable bonds is 1. The second-order valence-corrected chi connectivity index (χ2v) is 4.63. The number of hydrogen-bond donors (Lipinski definition) is 1. The monoisotopic (exact) mass is 237 g/mol. The SMILES string of the molecule is Cc1ccc(-n2c(N)nc3ccc(C)cc32)cc1. The lowest BCUT2D eigenvalue weighted by molar-refractivity contribution is 1.11. The summed E-state index contributed by atoms with van der Waals surface area (Å²) >= 11 is 0. The van der Waals surface area contributed by atoms with Crippen LogP contribution in [0.2, 0.25) is 0 Å². The molecular weight excluding hydrogens is 222 g/mol. The van der Waals surface area contributed by atoms with Gasteiger partial charge in [-0.1, -0.05) is 23.8 Å². The molecular formula is C15H15N3. The van der Waals surface area contributed by atoms with Crippen LogP contribution in [-0.2, 0) is 0 Å². The zero-order valence-corrected chi connectivity index (χ0v) is 10.5. The van der Waals surface area contributed by atoms with Gasteiger partial charge in [0.05, 0.1) is 11.0 Å².